The van der Waals surface area contributed by atoms with Crippen LogP contribution in [-0.4, -0.2) is 41.3 Å². The SMILES string of the molecule is COc1cc(C)nc(Oc2cccc(Oc3nc(OC)cc(OC)n3)c2C)n1. The third-order valence-corrected chi connectivity index (χ3v) is 3.73. The molecule has 2 aromatic heterocycles. The summed E-state index contributed by atoms with van der Waals surface area (Å²) in [6.07, 6.45) is 0. The van der Waals surface area contributed by atoms with Gasteiger partial charge >= 0.3 is 12.0 Å². The van der Waals surface area contributed by atoms with Crippen LogP contribution in [0, 0.1) is 13.8 Å². The van der Waals surface area contributed by atoms with Gasteiger partial charge in [0.1, 0.15) is 11.5 Å². The Morgan fingerprint density at radius 3 is 1.61 bits per heavy atom. The van der Waals surface area contributed by atoms with E-state index in [-0.39, 0.29) is 12.0 Å². The maximum Gasteiger partial charge on any atom is 0.328 e. The predicted octanol–water partition coefficient (Wildman–Crippen LogP) is 3.49. The van der Waals surface area contributed by atoms with E-state index in [0.717, 1.165) is 11.3 Å². The summed E-state index contributed by atoms with van der Waals surface area (Å²) in [6, 6.07) is 8.88. The average molecular weight is 384 g/mol. The Labute approximate surface area is 162 Å². The van der Waals surface area contributed by atoms with Crippen molar-refractivity contribution in [3.8, 4) is 41.2 Å². The van der Waals surface area contributed by atoms with Crippen LogP contribution in [-0.2, 0) is 0 Å². The number of rotatable bonds is 7. The fraction of sp³-hybridized carbons (Fsp3) is 0.263. The highest BCUT2D eigenvalue weighted by Gasteiger charge is 2.13. The molecule has 0 fully saturated rings. The average Bonchev–Trinajstić information content (AvgIpc) is 2.70. The molecule has 0 amide bonds. The van der Waals surface area contributed by atoms with E-state index in [0.29, 0.717) is 29.1 Å². The molecule has 2 heterocycles. The standard InChI is InChI=1S/C19H20N4O5/c1-11-9-15(24-3)21-18(20-11)27-13-7-6-8-14(12(13)2)28-19-22-16(25-4)10-17(23-19)26-5/h6-10H,1-5H3. The van der Waals surface area contributed by atoms with Crippen LogP contribution in [0.3, 0.4) is 0 Å². The summed E-state index contributed by atoms with van der Waals surface area (Å²) >= 11 is 0. The molecular formula is C19H20N4O5. The van der Waals surface area contributed by atoms with Gasteiger partial charge < -0.3 is 23.7 Å². The molecule has 146 valence electrons. The summed E-state index contributed by atoms with van der Waals surface area (Å²) < 4.78 is 27.1. The summed E-state index contributed by atoms with van der Waals surface area (Å²) in [6.45, 7) is 3.67. The zero-order valence-corrected chi connectivity index (χ0v) is 16.2. The van der Waals surface area contributed by atoms with Crippen LogP contribution >= 0.6 is 0 Å². The molecule has 0 radical (unpaired) electrons. The third-order valence-electron chi connectivity index (χ3n) is 3.73. The van der Waals surface area contributed by atoms with E-state index < -0.39 is 0 Å². The Balaban J connectivity index is 1.88. The van der Waals surface area contributed by atoms with Gasteiger partial charge in [-0.3, -0.25) is 0 Å². The Morgan fingerprint density at radius 2 is 1.11 bits per heavy atom. The van der Waals surface area contributed by atoms with Gasteiger partial charge in [-0.05, 0) is 26.0 Å². The highest BCUT2D eigenvalue weighted by molar-refractivity contribution is 5.46. The van der Waals surface area contributed by atoms with Gasteiger partial charge in [0.2, 0.25) is 17.6 Å². The minimum Gasteiger partial charge on any atom is -0.481 e. The maximum atomic E-state index is 5.83. The van der Waals surface area contributed by atoms with Crippen molar-refractivity contribution in [3.05, 3.63) is 41.6 Å². The van der Waals surface area contributed by atoms with E-state index in [1.54, 1.807) is 30.3 Å². The lowest BCUT2D eigenvalue weighted by Gasteiger charge is -2.13. The van der Waals surface area contributed by atoms with Gasteiger partial charge in [-0.25, -0.2) is 0 Å². The molecule has 0 aliphatic heterocycles. The first kappa shape index (κ1) is 19.2. The normalized spacial score (nSPS) is 10.3. The number of aryl methyl sites for hydroxylation is 1. The molecule has 0 aliphatic carbocycles. The minimum atomic E-state index is 0.0879. The lowest BCUT2D eigenvalue weighted by molar-refractivity contribution is 0.346. The molecule has 0 bridgehead atoms. The van der Waals surface area contributed by atoms with Crippen LogP contribution in [0.4, 0.5) is 0 Å². The van der Waals surface area contributed by atoms with Gasteiger partial charge in [-0.15, -0.1) is 0 Å². The molecule has 3 aromatic rings. The minimum absolute atomic E-state index is 0.0879. The summed E-state index contributed by atoms with van der Waals surface area (Å²) in [4.78, 5) is 16.8. The van der Waals surface area contributed by atoms with Crippen molar-refractivity contribution in [2.24, 2.45) is 0 Å². The number of benzene rings is 1. The molecule has 3 rings (SSSR count). The number of hydrogen-bond donors (Lipinski definition) is 0. The van der Waals surface area contributed by atoms with Crippen LogP contribution < -0.4 is 23.7 Å². The largest absolute Gasteiger partial charge is 0.481 e. The Morgan fingerprint density at radius 1 is 0.643 bits per heavy atom. The van der Waals surface area contributed by atoms with E-state index in [1.165, 1.54) is 21.3 Å². The molecule has 0 saturated heterocycles. The zero-order chi connectivity index (χ0) is 20.1. The van der Waals surface area contributed by atoms with E-state index in [9.17, 15) is 0 Å². The van der Waals surface area contributed by atoms with Crippen molar-refractivity contribution in [1.29, 1.82) is 0 Å². The molecule has 9 heteroatoms. The first-order valence-corrected chi connectivity index (χ1v) is 8.34. The van der Waals surface area contributed by atoms with Crippen molar-refractivity contribution in [2.75, 3.05) is 21.3 Å². The number of methoxy groups -OCH3 is 3. The zero-order valence-electron chi connectivity index (χ0n) is 16.2. The fourth-order valence-electron chi connectivity index (χ4n) is 2.31. The lowest BCUT2D eigenvalue weighted by atomic mass is 10.2. The summed E-state index contributed by atoms with van der Waals surface area (Å²) in [5.74, 6) is 2.11. The van der Waals surface area contributed by atoms with E-state index in [1.807, 2.05) is 13.8 Å². The first-order valence-electron chi connectivity index (χ1n) is 8.34. The quantitative estimate of drug-likeness (QED) is 0.606. The van der Waals surface area contributed by atoms with Crippen LogP contribution in [0.2, 0.25) is 0 Å². The van der Waals surface area contributed by atoms with Crippen LogP contribution in [0.15, 0.2) is 30.3 Å². The van der Waals surface area contributed by atoms with Crippen LogP contribution in [0.25, 0.3) is 0 Å². The first-order chi connectivity index (χ1) is 13.5. The Hall–Kier alpha value is -3.62. The second-order valence-corrected chi connectivity index (χ2v) is 5.65. The molecule has 1 aromatic carbocycles. The van der Waals surface area contributed by atoms with Crippen LogP contribution in [0.1, 0.15) is 11.3 Å². The fourth-order valence-corrected chi connectivity index (χ4v) is 2.31. The van der Waals surface area contributed by atoms with Gasteiger partial charge in [0.15, 0.2) is 0 Å². The lowest BCUT2D eigenvalue weighted by Crippen LogP contribution is -2.00. The Kier molecular flexibility index (Phi) is 5.73. The monoisotopic (exact) mass is 384 g/mol. The number of ether oxygens (including phenoxy) is 5. The van der Waals surface area contributed by atoms with Gasteiger partial charge in [0.05, 0.1) is 27.4 Å². The van der Waals surface area contributed by atoms with Gasteiger partial charge in [-0.1, -0.05) is 6.07 Å². The van der Waals surface area contributed by atoms with E-state index in [4.69, 9.17) is 23.7 Å². The molecule has 0 N–H and O–H groups in total. The molecular weight excluding hydrogens is 364 g/mol. The van der Waals surface area contributed by atoms with E-state index >= 15 is 0 Å². The highest BCUT2D eigenvalue weighted by Crippen LogP contribution is 2.33. The molecule has 0 atom stereocenters. The molecule has 0 aliphatic rings. The van der Waals surface area contributed by atoms with Crippen molar-refractivity contribution in [2.45, 2.75) is 13.8 Å². The molecule has 28 heavy (non-hydrogen) atoms. The van der Waals surface area contributed by atoms with Crippen molar-refractivity contribution in [3.63, 3.8) is 0 Å². The maximum absolute atomic E-state index is 5.83. The van der Waals surface area contributed by atoms with Crippen molar-refractivity contribution < 1.29 is 23.7 Å². The number of aromatic nitrogens is 4. The predicted molar refractivity (Wildman–Crippen MR) is 99.8 cm³/mol. The second kappa shape index (κ2) is 8.38. The smallest absolute Gasteiger partial charge is 0.328 e. The highest BCUT2D eigenvalue weighted by atomic mass is 16.5. The van der Waals surface area contributed by atoms with Gasteiger partial charge in [0.25, 0.3) is 0 Å². The Bertz CT molecular complexity index is 958. The summed E-state index contributed by atoms with van der Waals surface area (Å²) in [7, 11) is 4.54. The molecule has 0 spiro atoms. The summed E-state index contributed by atoms with van der Waals surface area (Å²) in [5.41, 5.74) is 1.45. The number of nitrogens with zero attached hydrogens (tertiary/aromatic N) is 4. The topological polar surface area (TPSA) is 97.7 Å². The second-order valence-electron chi connectivity index (χ2n) is 5.65. The number of hydrogen-bond acceptors (Lipinski definition) is 9. The molecule has 9 nitrogen and oxygen atoms in total. The van der Waals surface area contributed by atoms with Gasteiger partial charge in [0, 0.05) is 17.3 Å². The molecule has 0 unspecified atom stereocenters. The summed E-state index contributed by atoms with van der Waals surface area (Å²) in [5, 5.41) is 0. The van der Waals surface area contributed by atoms with Gasteiger partial charge in [-0.2, -0.15) is 19.9 Å². The molecule has 0 saturated carbocycles. The third kappa shape index (κ3) is 4.37. The van der Waals surface area contributed by atoms with E-state index in [2.05, 4.69) is 19.9 Å². The van der Waals surface area contributed by atoms with Crippen LogP contribution in [0.5, 0.6) is 41.2 Å². The van der Waals surface area contributed by atoms with Crippen molar-refractivity contribution in [1.82, 2.24) is 19.9 Å². The van der Waals surface area contributed by atoms with Crippen molar-refractivity contribution >= 4 is 0 Å².